The molecule has 172 valence electrons. The van der Waals surface area contributed by atoms with E-state index in [2.05, 4.69) is 32.7 Å². The summed E-state index contributed by atoms with van der Waals surface area (Å²) in [5.74, 6) is 0.0537. The van der Waals surface area contributed by atoms with Crippen molar-refractivity contribution >= 4 is 33.6 Å². The summed E-state index contributed by atoms with van der Waals surface area (Å²) in [7, 11) is 0. The van der Waals surface area contributed by atoms with Crippen LogP contribution in [-0.2, 0) is 22.4 Å². The smallest absolute Gasteiger partial charge is 0.220 e. The van der Waals surface area contributed by atoms with Gasteiger partial charge in [0.05, 0.1) is 0 Å². The lowest BCUT2D eigenvalue weighted by atomic mass is 9.93. The molecule has 2 amide bonds. The zero-order chi connectivity index (χ0) is 23.3. The van der Waals surface area contributed by atoms with E-state index in [0.717, 1.165) is 22.2 Å². The SMILES string of the molecule is CC(C)(CNC(=O)CCc1c[nH]c2ccccc12)CNC(=O)CCc1c[nH]c2ccccc12. The van der Waals surface area contributed by atoms with Crippen molar-refractivity contribution in [3.63, 3.8) is 0 Å². The highest BCUT2D eigenvalue weighted by Crippen LogP contribution is 2.20. The predicted molar refractivity (Wildman–Crippen MR) is 133 cm³/mol. The number of para-hydroxylation sites is 2. The first-order valence-electron chi connectivity index (χ1n) is 11.5. The van der Waals surface area contributed by atoms with Gasteiger partial charge in [-0.1, -0.05) is 50.2 Å². The Morgan fingerprint density at radius 2 is 1.15 bits per heavy atom. The van der Waals surface area contributed by atoms with Gasteiger partial charge in [0.25, 0.3) is 0 Å². The fourth-order valence-electron chi connectivity index (χ4n) is 4.09. The molecule has 2 heterocycles. The summed E-state index contributed by atoms with van der Waals surface area (Å²) in [4.78, 5) is 31.3. The van der Waals surface area contributed by atoms with E-state index in [0.29, 0.717) is 38.8 Å². The molecule has 0 saturated heterocycles. The third-order valence-electron chi connectivity index (χ3n) is 6.12. The Morgan fingerprint density at radius 1 is 0.727 bits per heavy atom. The molecule has 4 aromatic rings. The van der Waals surface area contributed by atoms with Crippen molar-refractivity contribution in [1.29, 1.82) is 0 Å². The molecule has 4 N–H and O–H groups in total. The van der Waals surface area contributed by atoms with Gasteiger partial charge in [0.15, 0.2) is 0 Å². The molecule has 2 aromatic heterocycles. The average molecular weight is 445 g/mol. The molecule has 0 fully saturated rings. The Balaban J connectivity index is 1.17. The third-order valence-corrected chi connectivity index (χ3v) is 6.12. The lowest BCUT2D eigenvalue weighted by molar-refractivity contribution is -0.121. The van der Waals surface area contributed by atoms with Crippen molar-refractivity contribution < 1.29 is 9.59 Å². The average Bonchev–Trinajstić information content (AvgIpc) is 3.43. The van der Waals surface area contributed by atoms with Gasteiger partial charge in [-0.05, 0) is 41.5 Å². The van der Waals surface area contributed by atoms with E-state index in [1.54, 1.807) is 0 Å². The minimum atomic E-state index is -0.229. The molecule has 6 heteroatoms. The summed E-state index contributed by atoms with van der Waals surface area (Å²) in [6.45, 7) is 5.13. The van der Waals surface area contributed by atoms with Gasteiger partial charge < -0.3 is 20.6 Å². The summed E-state index contributed by atoms with van der Waals surface area (Å²) in [5.41, 5.74) is 4.27. The van der Waals surface area contributed by atoms with E-state index in [9.17, 15) is 9.59 Å². The molecule has 0 aliphatic carbocycles. The number of rotatable bonds is 10. The van der Waals surface area contributed by atoms with Crippen molar-refractivity contribution in [2.24, 2.45) is 5.41 Å². The fourth-order valence-corrected chi connectivity index (χ4v) is 4.09. The number of aryl methyl sites for hydroxylation is 2. The summed E-state index contributed by atoms with van der Waals surface area (Å²) < 4.78 is 0. The molecule has 33 heavy (non-hydrogen) atoms. The van der Waals surface area contributed by atoms with Crippen LogP contribution in [0.1, 0.15) is 37.8 Å². The van der Waals surface area contributed by atoms with Crippen LogP contribution in [0.2, 0.25) is 0 Å². The maximum absolute atomic E-state index is 12.4. The minimum Gasteiger partial charge on any atom is -0.361 e. The minimum absolute atomic E-state index is 0.0269. The van der Waals surface area contributed by atoms with Crippen LogP contribution in [0.4, 0.5) is 0 Å². The van der Waals surface area contributed by atoms with Crippen molar-refractivity contribution in [1.82, 2.24) is 20.6 Å². The van der Waals surface area contributed by atoms with E-state index in [-0.39, 0.29) is 17.2 Å². The molecule has 6 nitrogen and oxygen atoms in total. The maximum atomic E-state index is 12.4. The van der Waals surface area contributed by atoms with E-state index >= 15 is 0 Å². The largest absolute Gasteiger partial charge is 0.361 e. The summed E-state index contributed by atoms with van der Waals surface area (Å²) in [5, 5.41) is 8.39. The Bertz CT molecular complexity index is 1160. The van der Waals surface area contributed by atoms with Crippen LogP contribution in [0.25, 0.3) is 21.8 Å². The Labute approximate surface area is 194 Å². The molecule has 0 saturated carbocycles. The number of amides is 2. The van der Waals surface area contributed by atoms with Crippen molar-refractivity contribution in [3.8, 4) is 0 Å². The van der Waals surface area contributed by atoms with Gasteiger partial charge in [-0.2, -0.15) is 0 Å². The highest BCUT2D eigenvalue weighted by atomic mass is 16.2. The third kappa shape index (κ3) is 5.83. The first-order chi connectivity index (χ1) is 15.9. The van der Waals surface area contributed by atoms with Gasteiger partial charge in [-0.25, -0.2) is 0 Å². The monoisotopic (exact) mass is 444 g/mol. The van der Waals surface area contributed by atoms with Crippen LogP contribution in [0.5, 0.6) is 0 Å². The fraction of sp³-hybridized carbons (Fsp3) is 0.333. The number of carbonyl (C=O) groups excluding carboxylic acids is 2. The highest BCUT2D eigenvalue weighted by molar-refractivity contribution is 5.85. The van der Waals surface area contributed by atoms with Gasteiger partial charge in [-0.15, -0.1) is 0 Å². The van der Waals surface area contributed by atoms with Crippen LogP contribution in [-0.4, -0.2) is 34.9 Å². The standard InChI is InChI=1S/C27H32N4O2/c1-27(2,17-30-25(32)13-11-19-15-28-23-9-5-3-7-21(19)23)18-31-26(33)14-12-20-16-29-24-10-6-4-8-22(20)24/h3-10,15-16,28-29H,11-14,17-18H2,1-2H3,(H,30,32)(H,31,33). The lowest BCUT2D eigenvalue weighted by Crippen LogP contribution is -2.42. The summed E-state index contributed by atoms with van der Waals surface area (Å²) in [6, 6.07) is 16.2. The van der Waals surface area contributed by atoms with Crippen LogP contribution in [0.15, 0.2) is 60.9 Å². The summed E-state index contributed by atoms with van der Waals surface area (Å²) in [6.07, 6.45) is 6.23. The number of fused-ring (bicyclic) bond motifs is 2. The van der Waals surface area contributed by atoms with Crippen molar-refractivity contribution in [2.75, 3.05) is 13.1 Å². The van der Waals surface area contributed by atoms with Gasteiger partial charge in [0.1, 0.15) is 0 Å². The van der Waals surface area contributed by atoms with Gasteiger partial charge in [0, 0.05) is 60.1 Å². The number of hydrogen-bond acceptors (Lipinski definition) is 2. The number of hydrogen-bond donors (Lipinski definition) is 4. The van der Waals surface area contributed by atoms with Crippen LogP contribution < -0.4 is 10.6 Å². The van der Waals surface area contributed by atoms with Gasteiger partial charge in [-0.3, -0.25) is 9.59 Å². The maximum Gasteiger partial charge on any atom is 0.220 e. The molecule has 0 bridgehead atoms. The highest BCUT2D eigenvalue weighted by Gasteiger charge is 2.20. The Morgan fingerprint density at radius 3 is 1.61 bits per heavy atom. The number of aromatic amines is 2. The first-order valence-corrected chi connectivity index (χ1v) is 11.5. The zero-order valence-electron chi connectivity index (χ0n) is 19.3. The van der Waals surface area contributed by atoms with Crippen molar-refractivity contribution in [2.45, 2.75) is 39.5 Å². The van der Waals surface area contributed by atoms with Gasteiger partial charge in [0.2, 0.25) is 11.8 Å². The zero-order valence-corrected chi connectivity index (χ0v) is 19.3. The van der Waals surface area contributed by atoms with E-state index in [1.807, 2.05) is 62.6 Å². The number of benzene rings is 2. The molecule has 0 unspecified atom stereocenters. The second-order valence-corrected chi connectivity index (χ2v) is 9.44. The van der Waals surface area contributed by atoms with E-state index in [1.165, 1.54) is 10.8 Å². The first kappa shape index (κ1) is 22.6. The molecule has 0 aliphatic heterocycles. The van der Waals surface area contributed by atoms with E-state index < -0.39 is 0 Å². The second kappa shape index (κ2) is 9.94. The van der Waals surface area contributed by atoms with Crippen molar-refractivity contribution in [3.05, 3.63) is 72.1 Å². The van der Waals surface area contributed by atoms with Crippen LogP contribution in [0.3, 0.4) is 0 Å². The molecule has 0 aliphatic rings. The quantitative estimate of drug-likeness (QED) is 0.291. The molecule has 0 radical (unpaired) electrons. The lowest BCUT2D eigenvalue weighted by Gasteiger charge is -2.25. The molecule has 0 spiro atoms. The number of aromatic nitrogens is 2. The number of nitrogens with one attached hydrogen (secondary N) is 4. The van der Waals surface area contributed by atoms with Crippen LogP contribution in [0, 0.1) is 5.41 Å². The topological polar surface area (TPSA) is 89.8 Å². The van der Waals surface area contributed by atoms with Crippen LogP contribution >= 0.6 is 0 Å². The molecule has 4 rings (SSSR count). The normalized spacial score (nSPS) is 11.7. The number of H-pyrrole nitrogens is 2. The molecular weight excluding hydrogens is 412 g/mol. The van der Waals surface area contributed by atoms with Gasteiger partial charge >= 0.3 is 0 Å². The Kier molecular flexibility index (Phi) is 6.82. The molecule has 2 aromatic carbocycles. The molecule has 0 atom stereocenters. The predicted octanol–water partition coefficient (Wildman–Crippen LogP) is 4.47. The number of carbonyl (C=O) groups is 2. The van der Waals surface area contributed by atoms with E-state index in [4.69, 9.17) is 0 Å². The molecular formula is C27H32N4O2. The Hall–Kier alpha value is -3.54. The second-order valence-electron chi connectivity index (χ2n) is 9.44. The summed E-state index contributed by atoms with van der Waals surface area (Å²) >= 11 is 0.